The van der Waals surface area contributed by atoms with Crippen LogP contribution in [0.1, 0.15) is 26.3 Å². The Labute approximate surface area is 309 Å². The molecule has 0 aliphatic rings. The molecule has 2 amide bonds. The highest BCUT2D eigenvalue weighted by Gasteiger charge is 2.52. The number of ether oxygens (including phenoxy) is 1. The van der Waals surface area contributed by atoms with Crippen molar-refractivity contribution in [3.05, 3.63) is 198 Å². The van der Waals surface area contributed by atoms with Gasteiger partial charge in [-0.15, -0.1) is 0 Å². The molecule has 8 heteroatoms. The second kappa shape index (κ2) is 16.8. The SMILES string of the molecule is COC(=O)c1ccccc1NC(=O)C(NC(=O)c1ccccc1)=C(c1ccccc1)[P+](c1ccccc1)(c1ccccc1)c1ccccc1.[I-]. The van der Waals surface area contributed by atoms with E-state index in [1.165, 1.54) is 7.11 Å². The van der Waals surface area contributed by atoms with Crippen LogP contribution in [0.5, 0.6) is 0 Å². The lowest BCUT2D eigenvalue weighted by Crippen LogP contribution is -3.00. The largest absolute Gasteiger partial charge is 1.00 e. The van der Waals surface area contributed by atoms with Crippen LogP contribution in [0, 0.1) is 0 Å². The molecule has 0 saturated carbocycles. The Morgan fingerprint density at radius 1 is 0.520 bits per heavy atom. The van der Waals surface area contributed by atoms with Crippen LogP contribution in [0.15, 0.2) is 182 Å². The number of amides is 2. The molecule has 0 aliphatic carbocycles. The van der Waals surface area contributed by atoms with Crippen LogP contribution in [0.2, 0.25) is 0 Å². The molecule has 0 atom stereocenters. The number of nitrogens with one attached hydrogen (secondary N) is 2. The Morgan fingerprint density at radius 2 is 0.920 bits per heavy atom. The molecule has 6 aromatic rings. The quantitative estimate of drug-likeness (QED) is 0.0945. The van der Waals surface area contributed by atoms with Gasteiger partial charge in [0.2, 0.25) is 0 Å². The van der Waals surface area contributed by atoms with Gasteiger partial charge < -0.3 is 39.3 Å². The number of hydrogen-bond donors (Lipinski definition) is 2. The zero-order valence-corrected chi connectivity index (χ0v) is 30.3. The van der Waals surface area contributed by atoms with E-state index >= 15 is 0 Å². The van der Waals surface area contributed by atoms with Crippen molar-refractivity contribution in [1.29, 1.82) is 0 Å². The third kappa shape index (κ3) is 7.44. The van der Waals surface area contributed by atoms with Crippen molar-refractivity contribution < 1.29 is 43.1 Å². The van der Waals surface area contributed by atoms with Crippen LogP contribution in [0.25, 0.3) is 5.31 Å². The topological polar surface area (TPSA) is 84.5 Å². The number of rotatable bonds is 10. The predicted octanol–water partition coefficient (Wildman–Crippen LogP) is 4.21. The molecule has 0 spiro atoms. The minimum Gasteiger partial charge on any atom is -1.00 e. The van der Waals surface area contributed by atoms with Crippen molar-refractivity contribution in [1.82, 2.24) is 5.32 Å². The maximum atomic E-state index is 15.0. The van der Waals surface area contributed by atoms with E-state index in [-0.39, 0.29) is 40.9 Å². The van der Waals surface area contributed by atoms with E-state index in [1.807, 2.05) is 91.0 Å². The average molecular weight is 789 g/mol. The van der Waals surface area contributed by atoms with E-state index in [9.17, 15) is 14.4 Å². The summed E-state index contributed by atoms with van der Waals surface area (Å²) in [4.78, 5) is 41.9. The number of esters is 1. The third-order valence-electron chi connectivity index (χ3n) is 8.13. The van der Waals surface area contributed by atoms with Gasteiger partial charge in [0.05, 0.1) is 18.4 Å². The molecule has 2 N–H and O–H groups in total. The van der Waals surface area contributed by atoms with Crippen LogP contribution < -0.4 is 50.5 Å². The lowest BCUT2D eigenvalue weighted by molar-refractivity contribution is -0.113. The van der Waals surface area contributed by atoms with Crippen LogP contribution in [-0.2, 0) is 9.53 Å². The van der Waals surface area contributed by atoms with E-state index in [0.717, 1.165) is 21.5 Å². The molecule has 0 radical (unpaired) electrons. The molecule has 0 saturated heterocycles. The highest BCUT2D eigenvalue weighted by atomic mass is 127. The molecule has 6 aromatic carbocycles. The first-order valence-electron chi connectivity index (χ1n) is 15.7. The van der Waals surface area contributed by atoms with Gasteiger partial charge in [-0.3, -0.25) is 9.59 Å². The summed E-state index contributed by atoms with van der Waals surface area (Å²) in [6, 6.07) is 55.5. The van der Waals surface area contributed by atoms with Crippen molar-refractivity contribution in [3.8, 4) is 0 Å². The van der Waals surface area contributed by atoms with E-state index in [0.29, 0.717) is 10.9 Å². The summed E-state index contributed by atoms with van der Waals surface area (Å²) < 4.78 is 5.02. The number of halogens is 1. The van der Waals surface area contributed by atoms with Crippen molar-refractivity contribution >= 4 is 52.0 Å². The van der Waals surface area contributed by atoms with Gasteiger partial charge in [0.15, 0.2) is 5.70 Å². The lowest BCUT2D eigenvalue weighted by atomic mass is 10.1. The fraction of sp³-hybridized carbons (Fsp3) is 0.0238. The highest BCUT2D eigenvalue weighted by molar-refractivity contribution is 8.03. The van der Waals surface area contributed by atoms with Gasteiger partial charge in [-0.05, 0) is 60.7 Å². The molecule has 0 unspecified atom stereocenters. The van der Waals surface area contributed by atoms with Gasteiger partial charge in [-0.1, -0.05) is 115 Å². The average Bonchev–Trinajstić information content (AvgIpc) is 3.17. The molecule has 50 heavy (non-hydrogen) atoms. The number of carbonyl (C=O) groups is 3. The maximum Gasteiger partial charge on any atom is 0.339 e. The first-order chi connectivity index (χ1) is 24.0. The number of hydrogen-bond acceptors (Lipinski definition) is 4. The molecule has 0 bridgehead atoms. The van der Waals surface area contributed by atoms with E-state index < -0.39 is 25.0 Å². The number of carbonyl (C=O) groups excluding carboxylic acids is 3. The van der Waals surface area contributed by atoms with Crippen LogP contribution >= 0.6 is 7.26 Å². The second-order valence-electron chi connectivity index (χ2n) is 11.1. The van der Waals surface area contributed by atoms with Gasteiger partial charge in [0, 0.05) is 11.1 Å². The van der Waals surface area contributed by atoms with Crippen LogP contribution in [0.3, 0.4) is 0 Å². The van der Waals surface area contributed by atoms with Crippen LogP contribution in [-0.4, -0.2) is 24.9 Å². The van der Waals surface area contributed by atoms with Gasteiger partial charge in [-0.25, -0.2) is 4.79 Å². The van der Waals surface area contributed by atoms with E-state index in [2.05, 4.69) is 47.0 Å². The van der Waals surface area contributed by atoms with Gasteiger partial charge in [0.1, 0.15) is 28.5 Å². The minimum absolute atomic E-state index is 0. The first-order valence-corrected chi connectivity index (χ1v) is 17.5. The molecule has 0 fully saturated rings. The summed E-state index contributed by atoms with van der Waals surface area (Å²) in [6.07, 6.45) is 0. The standard InChI is InChI=1S/C42H33N2O4P.HI/c1-48-42(47)36-29-17-18-30-37(36)43-41(46)38(44-40(45)32-21-9-3-10-22-32)39(31-19-7-2-8-20-31)49(33-23-11-4-12-24-33,34-25-13-5-14-26-34)35-27-15-6-16-28-35;/h2-30H,1H3,(H-,43,44,45,46,47);1H. The monoisotopic (exact) mass is 788 g/mol. The zero-order chi connectivity index (χ0) is 34.1. The first kappa shape index (κ1) is 35.9. The molecule has 0 aliphatic heterocycles. The van der Waals surface area contributed by atoms with Gasteiger partial charge in [-0.2, -0.15) is 0 Å². The number of anilines is 1. The molecule has 0 aromatic heterocycles. The summed E-state index contributed by atoms with van der Waals surface area (Å²) in [5.74, 6) is -1.64. The fourth-order valence-corrected chi connectivity index (χ4v) is 10.5. The molecule has 6 nitrogen and oxygen atoms in total. The van der Waals surface area contributed by atoms with Crippen molar-refractivity contribution in [2.75, 3.05) is 12.4 Å². The normalized spacial score (nSPS) is 11.3. The molecule has 6 rings (SSSR count). The van der Waals surface area contributed by atoms with Crippen molar-refractivity contribution in [3.63, 3.8) is 0 Å². The fourth-order valence-electron chi connectivity index (χ4n) is 5.95. The summed E-state index contributed by atoms with van der Waals surface area (Å²) >= 11 is 0. The van der Waals surface area contributed by atoms with Crippen molar-refractivity contribution in [2.45, 2.75) is 0 Å². The smallest absolute Gasteiger partial charge is 0.339 e. The summed E-state index contributed by atoms with van der Waals surface area (Å²) in [6.45, 7) is 0. The maximum absolute atomic E-state index is 15.0. The second-order valence-corrected chi connectivity index (χ2v) is 14.4. The number of benzene rings is 6. The van der Waals surface area contributed by atoms with Crippen molar-refractivity contribution in [2.24, 2.45) is 0 Å². The number of para-hydroxylation sites is 1. The molecular weight excluding hydrogens is 754 g/mol. The lowest BCUT2D eigenvalue weighted by Gasteiger charge is -2.31. The molecule has 248 valence electrons. The molecule has 0 heterocycles. The Bertz CT molecular complexity index is 2000. The minimum atomic E-state index is -2.97. The van der Waals surface area contributed by atoms with E-state index in [4.69, 9.17) is 4.74 Å². The Kier molecular flexibility index (Phi) is 12.1. The third-order valence-corrected chi connectivity index (χ3v) is 12.5. The van der Waals surface area contributed by atoms with Gasteiger partial charge >= 0.3 is 5.97 Å². The summed E-state index contributed by atoms with van der Waals surface area (Å²) in [7, 11) is -1.68. The van der Waals surface area contributed by atoms with Crippen LogP contribution in [0.4, 0.5) is 5.69 Å². The zero-order valence-electron chi connectivity index (χ0n) is 27.2. The highest BCUT2D eigenvalue weighted by Crippen LogP contribution is 2.67. The van der Waals surface area contributed by atoms with E-state index in [1.54, 1.807) is 48.5 Å². The number of methoxy groups -OCH3 is 1. The predicted molar refractivity (Wildman–Crippen MR) is 199 cm³/mol. The summed E-state index contributed by atoms with van der Waals surface area (Å²) in [5, 5.41) is 9.64. The Morgan fingerprint density at radius 3 is 1.38 bits per heavy atom. The Balaban J connectivity index is 0.00000486. The Hall–Kier alpha value is -5.37. The van der Waals surface area contributed by atoms with Gasteiger partial charge in [0.25, 0.3) is 11.8 Å². The summed E-state index contributed by atoms with van der Waals surface area (Å²) in [5.41, 5.74) is 1.64. The molecular formula is C42H34IN2O4P.